The minimum absolute atomic E-state index is 0.431. The number of benzene rings is 1. The fourth-order valence-corrected chi connectivity index (χ4v) is 1.04. The van der Waals surface area contributed by atoms with Crippen LogP contribution in [0, 0.1) is 0 Å². The average Bonchev–Trinajstić information content (AvgIpc) is 2.31. The Morgan fingerprint density at radius 1 is 1.40 bits per heavy atom. The molecule has 0 atom stereocenters. The average molecular weight is 210 g/mol. The smallest absolute Gasteiger partial charge is 0.274 e. The van der Waals surface area contributed by atoms with Crippen molar-refractivity contribution >= 4 is 11.6 Å². The van der Waals surface area contributed by atoms with Gasteiger partial charge in [-0.1, -0.05) is 19.9 Å². The highest BCUT2D eigenvalue weighted by molar-refractivity contribution is 5.94. The highest BCUT2D eigenvalue weighted by atomic mass is 16.5. The Bertz CT molecular complexity index is 300. The normalized spacial score (nSPS) is 8.53. The first-order valence-electron chi connectivity index (χ1n) is 5.06. The Morgan fingerprint density at radius 2 is 2.07 bits per heavy atom. The van der Waals surface area contributed by atoms with E-state index in [4.69, 9.17) is 5.21 Å². The molecule has 4 heteroatoms. The van der Waals surface area contributed by atoms with Gasteiger partial charge < -0.3 is 5.32 Å². The Morgan fingerprint density at radius 3 is 2.60 bits per heavy atom. The van der Waals surface area contributed by atoms with Gasteiger partial charge in [0.05, 0.1) is 0 Å². The highest BCUT2D eigenvalue weighted by Gasteiger charge is 2.03. The van der Waals surface area contributed by atoms with Crippen LogP contribution in [-0.4, -0.2) is 17.7 Å². The van der Waals surface area contributed by atoms with Gasteiger partial charge in [-0.2, -0.15) is 0 Å². The van der Waals surface area contributed by atoms with E-state index in [2.05, 4.69) is 5.32 Å². The third-order valence-electron chi connectivity index (χ3n) is 1.61. The Kier molecular flexibility index (Phi) is 7.01. The molecule has 3 N–H and O–H groups in total. The van der Waals surface area contributed by atoms with Crippen molar-refractivity contribution in [2.75, 3.05) is 11.9 Å². The summed E-state index contributed by atoms with van der Waals surface area (Å²) in [6, 6.07) is 6.92. The van der Waals surface area contributed by atoms with Crippen LogP contribution in [0.3, 0.4) is 0 Å². The number of amides is 1. The van der Waals surface area contributed by atoms with E-state index in [1.165, 1.54) is 0 Å². The lowest BCUT2D eigenvalue weighted by Gasteiger charge is -2.04. The van der Waals surface area contributed by atoms with Crippen LogP contribution in [0.2, 0.25) is 0 Å². The minimum atomic E-state index is -0.500. The zero-order valence-electron chi connectivity index (χ0n) is 9.37. The number of nitrogens with one attached hydrogen (secondary N) is 2. The molecule has 0 heterocycles. The topological polar surface area (TPSA) is 61.4 Å². The first-order valence-corrected chi connectivity index (χ1v) is 5.06. The number of carbonyl (C=O) groups is 1. The molecule has 0 aromatic heterocycles. The van der Waals surface area contributed by atoms with E-state index in [1.807, 2.05) is 26.8 Å². The van der Waals surface area contributed by atoms with Crippen molar-refractivity contribution in [2.24, 2.45) is 0 Å². The minimum Gasteiger partial charge on any atom is -0.385 e. The molecule has 4 nitrogen and oxygen atoms in total. The number of anilines is 1. The summed E-state index contributed by atoms with van der Waals surface area (Å²) in [5.41, 5.74) is 2.88. The van der Waals surface area contributed by atoms with Crippen LogP contribution in [0.25, 0.3) is 0 Å². The summed E-state index contributed by atoms with van der Waals surface area (Å²) in [7, 11) is 0. The molecule has 1 aromatic carbocycles. The van der Waals surface area contributed by atoms with Gasteiger partial charge in [0.1, 0.15) is 0 Å². The van der Waals surface area contributed by atoms with Crippen molar-refractivity contribution in [3.8, 4) is 0 Å². The maximum Gasteiger partial charge on any atom is 0.274 e. The van der Waals surface area contributed by atoms with Crippen LogP contribution in [0.15, 0.2) is 24.3 Å². The van der Waals surface area contributed by atoms with Crippen LogP contribution in [0.4, 0.5) is 5.69 Å². The van der Waals surface area contributed by atoms with Crippen molar-refractivity contribution in [1.82, 2.24) is 5.48 Å². The summed E-state index contributed by atoms with van der Waals surface area (Å²) in [5.74, 6) is -0.500. The number of hydroxylamine groups is 1. The summed E-state index contributed by atoms with van der Waals surface area (Å²) in [6.45, 7) is 6.77. The largest absolute Gasteiger partial charge is 0.385 e. The third kappa shape index (κ3) is 4.46. The number of carbonyl (C=O) groups excluding carboxylic acids is 1. The van der Waals surface area contributed by atoms with Crippen LogP contribution < -0.4 is 10.8 Å². The first kappa shape index (κ1) is 13.4. The van der Waals surface area contributed by atoms with E-state index in [-0.39, 0.29) is 0 Å². The molecule has 1 rings (SSSR count). The van der Waals surface area contributed by atoms with E-state index in [0.717, 1.165) is 12.2 Å². The van der Waals surface area contributed by atoms with Gasteiger partial charge in [0.15, 0.2) is 0 Å². The molecule has 0 aliphatic carbocycles. The quantitative estimate of drug-likeness (QED) is 0.529. The van der Waals surface area contributed by atoms with Gasteiger partial charge in [0.25, 0.3) is 5.91 Å². The summed E-state index contributed by atoms with van der Waals surface area (Å²) in [5, 5.41) is 11.5. The molecule has 15 heavy (non-hydrogen) atoms. The molecule has 0 saturated carbocycles. The fourth-order valence-electron chi connectivity index (χ4n) is 1.04. The van der Waals surface area contributed by atoms with Gasteiger partial charge in [-0.3, -0.25) is 10.0 Å². The monoisotopic (exact) mass is 210 g/mol. The lowest BCUT2D eigenvalue weighted by molar-refractivity contribution is 0.0706. The van der Waals surface area contributed by atoms with E-state index in [0.29, 0.717) is 5.56 Å². The second-order valence-corrected chi connectivity index (χ2v) is 2.55. The number of hydrogen-bond donors (Lipinski definition) is 3. The molecule has 0 aliphatic heterocycles. The van der Waals surface area contributed by atoms with Crippen molar-refractivity contribution < 1.29 is 10.0 Å². The molecule has 0 bridgehead atoms. The van der Waals surface area contributed by atoms with Gasteiger partial charge in [0.2, 0.25) is 0 Å². The second kappa shape index (κ2) is 7.82. The highest BCUT2D eigenvalue weighted by Crippen LogP contribution is 2.09. The summed E-state index contributed by atoms with van der Waals surface area (Å²) >= 11 is 0. The lowest BCUT2D eigenvalue weighted by Crippen LogP contribution is -2.18. The molecule has 0 saturated heterocycles. The zero-order chi connectivity index (χ0) is 11.7. The van der Waals surface area contributed by atoms with E-state index in [9.17, 15) is 4.79 Å². The van der Waals surface area contributed by atoms with E-state index < -0.39 is 5.91 Å². The third-order valence-corrected chi connectivity index (χ3v) is 1.61. The molecule has 0 radical (unpaired) electrons. The Labute approximate surface area is 90.3 Å². The van der Waals surface area contributed by atoms with Gasteiger partial charge >= 0.3 is 0 Å². The zero-order valence-corrected chi connectivity index (χ0v) is 9.37. The molecule has 1 amide bonds. The Balaban J connectivity index is 0.000000921. The Hall–Kier alpha value is -1.55. The molecule has 0 aliphatic rings. The molecule has 0 unspecified atom stereocenters. The predicted molar refractivity (Wildman–Crippen MR) is 61.2 cm³/mol. The first-order chi connectivity index (χ1) is 7.27. The molecule has 1 aromatic rings. The van der Waals surface area contributed by atoms with Crippen molar-refractivity contribution in [3.63, 3.8) is 0 Å². The summed E-state index contributed by atoms with van der Waals surface area (Å²) in [4.78, 5) is 11.0. The predicted octanol–water partition coefficient (Wildman–Crippen LogP) is 2.26. The molecule has 84 valence electrons. The standard InChI is InChI=1S/C9H12N2O2.C2H6/c1-2-10-8-5-3-4-7(6-8)9(12)11-13;1-2/h3-6,10,13H,2H2,1H3,(H,11,12);1-2H3. The van der Waals surface area contributed by atoms with Crippen LogP contribution >= 0.6 is 0 Å². The number of rotatable bonds is 3. The van der Waals surface area contributed by atoms with Crippen molar-refractivity contribution in [1.29, 1.82) is 0 Å². The van der Waals surface area contributed by atoms with Gasteiger partial charge in [-0.15, -0.1) is 0 Å². The second-order valence-electron chi connectivity index (χ2n) is 2.55. The maximum absolute atomic E-state index is 11.0. The van der Waals surface area contributed by atoms with Crippen LogP contribution in [-0.2, 0) is 0 Å². The van der Waals surface area contributed by atoms with Crippen molar-refractivity contribution in [2.45, 2.75) is 20.8 Å². The van der Waals surface area contributed by atoms with Gasteiger partial charge in [-0.05, 0) is 25.1 Å². The number of hydrogen-bond acceptors (Lipinski definition) is 3. The SMILES string of the molecule is CC.CCNc1cccc(C(=O)NO)c1. The maximum atomic E-state index is 11.0. The summed E-state index contributed by atoms with van der Waals surface area (Å²) < 4.78 is 0. The van der Waals surface area contributed by atoms with Gasteiger partial charge in [-0.25, -0.2) is 5.48 Å². The lowest BCUT2D eigenvalue weighted by atomic mass is 10.2. The van der Waals surface area contributed by atoms with Crippen molar-refractivity contribution in [3.05, 3.63) is 29.8 Å². The fraction of sp³-hybridized carbons (Fsp3) is 0.364. The molecule has 0 fully saturated rings. The molecule has 0 spiro atoms. The molecular formula is C11H18N2O2. The van der Waals surface area contributed by atoms with Crippen LogP contribution in [0.1, 0.15) is 31.1 Å². The molecular weight excluding hydrogens is 192 g/mol. The summed E-state index contributed by atoms with van der Waals surface area (Å²) in [6.07, 6.45) is 0. The van der Waals surface area contributed by atoms with E-state index in [1.54, 1.807) is 23.7 Å². The van der Waals surface area contributed by atoms with Crippen LogP contribution in [0.5, 0.6) is 0 Å². The van der Waals surface area contributed by atoms with Gasteiger partial charge in [0, 0.05) is 17.8 Å². The van der Waals surface area contributed by atoms with E-state index >= 15 is 0 Å².